The molecule has 0 bridgehead atoms. The fourth-order valence-electron chi connectivity index (χ4n) is 1.82. The Kier molecular flexibility index (Phi) is 2.87. The maximum atomic E-state index is 11.9. The molecule has 0 radical (unpaired) electrons. The van der Waals surface area contributed by atoms with Crippen LogP contribution in [-0.2, 0) is 0 Å². The van der Waals surface area contributed by atoms with E-state index in [4.69, 9.17) is 5.73 Å². The summed E-state index contributed by atoms with van der Waals surface area (Å²) in [6.45, 7) is 3.61. The van der Waals surface area contributed by atoms with Crippen molar-refractivity contribution in [3.63, 3.8) is 0 Å². The van der Waals surface area contributed by atoms with E-state index in [1.807, 2.05) is 6.92 Å². The van der Waals surface area contributed by atoms with Crippen LogP contribution in [0.15, 0.2) is 6.07 Å². The highest BCUT2D eigenvalue weighted by atomic mass is 16.1. The molecule has 16 heavy (non-hydrogen) atoms. The molecule has 0 unspecified atom stereocenters. The first-order valence-electron chi connectivity index (χ1n) is 5.43. The van der Waals surface area contributed by atoms with Crippen LogP contribution in [0.5, 0.6) is 0 Å². The first-order valence-corrected chi connectivity index (χ1v) is 5.43. The van der Waals surface area contributed by atoms with E-state index in [1.165, 1.54) is 0 Å². The summed E-state index contributed by atoms with van der Waals surface area (Å²) in [5.41, 5.74) is 7.68. The van der Waals surface area contributed by atoms with Crippen molar-refractivity contribution in [3.05, 3.63) is 23.0 Å². The van der Waals surface area contributed by atoms with Crippen LogP contribution in [0.25, 0.3) is 0 Å². The molecule has 3 N–H and O–H groups in total. The van der Waals surface area contributed by atoms with E-state index < -0.39 is 0 Å². The lowest BCUT2D eigenvalue weighted by Crippen LogP contribution is -2.50. The average molecular weight is 220 g/mol. The Morgan fingerprint density at radius 1 is 1.44 bits per heavy atom. The van der Waals surface area contributed by atoms with Crippen molar-refractivity contribution in [2.24, 2.45) is 5.73 Å². The average Bonchev–Trinajstić information content (AvgIpc) is 2.19. The van der Waals surface area contributed by atoms with E-state index in [1.54, 1.807) is 13.0 Å². The quantitative estimate of drug-likeness (QED) is 0.751. The largest absolute Gasteiger partial charge is 0.349 e. The van der Waals surface area contributed by atoms with Gasteiger partial charge in [0.05, 0.1) is 17.0 Å². The Hall–Kier alpha value is -1.49. The molecule has 5 heteroatoms. The predicted octanol–water partition coefficient (Wildman–Crippen LogP) is 0.313. The fraction of sp³-hybridized carbons (Fsp3) is 0.545. The number of nitrogens with one attached hydrogen (secondary N) is 1. The molecule has 5 nitrogen and oxygen atoms in total. The third kappa shape index (κ3) is 2.19. The lowest BCUT2D eigenvalue weighted by molar-refractivity contribution is 0.0909. The van der Waals surface area contributed by atoms with Gasteiger partial charge in [-0.1, -0.05) is 0 Å². The van der Waals surface area contributed by atoms with Crippen LogP contribution in [0, 0.1) is 13.8 Å². The van der Waals surface area contributed by atoms with Crippen molar-refractivity contribution < 1.29 is 4.79 Å². The number of amides is 1. The number of nitrogens with two attached hydrogens (primary N) is 1. The highest BCUT2D eigenvalue weighted by Gasteiger charge is 2.27. The molecule has 0 spiro atoms. The van der Waals surface area contributed by atoms with Crippen LogP contribution in [-0.4, -0.2) is 28.2 Å². The number of hydrogen-bond acceptors (Lipinski definition) is 4. The Morgan fingerprint density at radius 2 is 2.12 bits per heavy atom. The fourth-order valence-corrected chi connectivity index (χ4v) is 1.82. The van der Waals surface area contributed by atoms with Crippen molar-refractivity contribution >= 4 is 5.91 Å². The molecule has 1 saturated carbocycles. The molecule has 1 aromatic rings. The summed E-state index contributed by atoms with van der Waals surface area (Å²) in [7, 11) is 0. The molecule has 1 aromatic heterocycles. The molecule has 1 heterocycles. The van der Waals surface area contributed by atoms with Gasteiger partial charge in [0.1, 0.15) is 0 Å². The molecular formula is C11H16N4O. The van der Waals surface area contributed by atoms with Gasteiger partial charge >= 0.3 is 0 Å². The second kappa shape index (κ2) is 4.17. The number of aromatic nitrogens is 2. The number of carbonyl (C=O) groups is 1. The minimum atomic E-state index is -0.0765. The zero-order valence-corrected chi connectivity index (χ0v) is 9.53. The van der Waals surface area contributed by atoms with Gasteiger partial charge in [-0.15, -0.1) is 0 Å². The molecule has 1 aliphatic rings. The Morgan fingerprint density at radius 3 is 2.75 bits per heavy atom. The summed E-state index contributed by atoms with van der Waals surface area (Å²) >= 11 is 0. The standard InChI is InChI=1S/C11H16N4O/c1-6-3-10(7(2)15-14-6)11(16)13-9-4-8(12)5-9/h3,8-9H,4-5,12H2,1-2H3,(H,13,16). The molecule has 0 saturated heterocycles. The van der Waals surface area contributed by atoms with E-state index in [2.05, 4.69) is 15.5 Å². The summed E-state index contributed by atoms with van der Waals surface area (Å²) in [4.78, 5) is 11.9. The van der Waals surface area contributed by atoms with Gasteiger partial charge in [0, 0.05) is 12.1 Å². The Labute approximate surface area is 94.4 Å². The summed E-state index contributed by atoms with van der Waals surface area (Å²) in [5, 5.41) is 10.8. The Bertz CT molecular complexity index is 412. The Balaban J connectivity index is 2.05. The van der Waals surface area contributed by atoms with Crippen LogP contribution >= 0.6 is 0 Å². The smallest absolute Gasteiger partial charge is 0.253 e. The van der Waals surface area contributed by atoms with Crippen LogP contribution < -0.4 is 11.1 Å². The van der Waals surface area contributed by atoms with Crippen LogP contribution in [0.1, 0.15) is 34.6 Å². The van der Waals surface area contributed by atoms with E-state index >= 15 is 0 Å². The molecular weight excluding hydrogens is 204 g/mol. The van der Waals surface area contributed by atoms with Crippen LogP contribution in [0.4, 0.5) is 0 Å². The second-order valence-corrected chi connectivity index (χ2v) is 4.39. The topological polar surface area (TPSA) is 80.9 Å². The lowest BCUT2D eigenvalue weighted by Gasteiger charge is -2.33. The first kappa shape index (κ1) is 11.0. The molecule has 86 valence electrons. The highest BCUT2D eigenvalue weighted by Crippen LogP contribution is 2.18. The number of carbonyl (C=O) groups excluding carboxylic acids is 1. The molecule has 0 atom stereocenters. The SMILES string of the molecule is Cc1cc(C(=O)NC2CC(N)C2)c(C)nn1. The van der Waals surface area contributed by atoms with Gasteiger partial charge in [0.2, 0.25) is 0 Å². The number of nitrogens with zero attached hydrogens (tertiary/aromatic N) is 2. The highest BCUT2D eigenvalue weighted by molar-refractivity contribution is 5.95. The molecule has 0 aromatic carbocycles. The van der Waals surface area contributed by atoms with Gasteiger partial charge in [-0.2, -0.15) is 10.2 Å². The molecule has 0 aliphatic heterocycles. The normalized spacial score (nSPS) is 23.7. The van der Waals surface area contributed by atoms with E-state index in [0.717, 1.165) is 18.5 Å². The van der Waals surface area contributed by atoms with Crippen LogP contribution in [0.2, 0.25) is 0 Å². The monoisotopic (exact) mass is 220 g/mol. The molecule has 1 fully saturated rings. The summed E-state index contributed by atoms with van der Waals surface area (Å²) in [6, 6.07) is 2.22. The molecule has 1 amide bonds. The predicted molar refractivity (Wildman–Crippen MR) is 60.0 cm³/mol. The van der Waals surface area contributed by atoms with E-state index in [9.17, 15) is 4.79 Å². The number of aryl methyl sites for hydroxylation is 2. The summed E-state index contributed by atoms with van der Waals surface area (Å²) in [6.07, 6.45) is 1.73. The van der Waals surface area contributed by atoms with Crippen molar-refractivity contribution in [2.75, 3.05) is 0 Å². The molecule has 2 rings (SSSR count). The number of rotatable bonds is 2. The summed E-state index contributed by atoms with van der Waals surface area (Å²) < 4.78 is 0. The third-order valence-corrected chi connectivity index (χ3v) is 2.86. The lowest BCUT2D eigenvalue weighted by atomic mass is 9.87. The van der Waals surface area contributed by atoms with Crippen molar-refractivity contribution in [1.82, 2.24) is 15.5 Å². The summed E-state index contributed by atoms with van der Waals surface area (Å²) in [5.74, 6) is -0.0765. The third-order valence-electron chi connectivity index (χ3n) is 2.86. The minimum Gasteiger partial charge on any atom is -0.349 e. The minimum absolute atomic E-state index is 0.0765. The van der Waals surface area contributed by atoms with Crippen molar-refractivity contribution in [2.45, 2.75) is 38.8 Å². The zero-order chi connectivity index (χ0) is 11.7. The molecule has 1 aliphatic carbocycles. The van der Waals surface area contributed by atoms with E-state index in [0.29, 0.717) is 11.3 Å². The van der Waals surface area contributed by atoms with E-state index in [-0.39, 0.29) is 18.0 Å². The zero-order valence-electron chi connectivity index (χ0n) is 9.53. The van der Waals surface area contributed by atoms with Gasteiger partial charge in [0.15, 0.2) is 0 Å². The van der Waals surface area contributed by atoms with Gasteiger partial charge in [-0.25, -0.2) is 0 Å². The number of hydrogen-bond donors (Lipinski definition) is 2. The maximum Gasteiger partial charge on any atom is 0.253 e. The van der Waals surface area contributed by atoms with Crippen molar-refractivity contribution in [3.8, 4) is 0 Å². The van der Waals surface area contributed by atoms with Gasteiger partial charge in [0.25, 0.3) is 5.91 Å². The first-order chi connectivity index (χ1) is 7.56. The van der Waals surface area contributed by atoms with Crippen LogP contribution in [0.3, 0.4) is 0 Å². The van der Waals surface area contributed by atoms with Gasteiger partial charge < -0.3 is 11.1 Å². The second-order valence-electron chi connectivity index (χ2n) is 4.39. The van der Waals surface area contributed by atoms with Crippen molar-refractivity contribution in [1.29, 1.82) is 0 Å². The maximum absolute atomic E-state index is 11.9. The van der Waals surface area contributed by atoms with Gasteiger partial charge in [-0.3, -0.25) is 4.79 Å². The van der Waals surface area contributed by atoms with Gasteiger partial charge in [-0.05, 0) is 32.8 Å².